The van der Waals surface area contributed by atoms with Gasteiger partial charge in [-0.15, -0.1) is 0 Å². The van der Waals surface area contributed by atoms with Crippen LogP contribution in [0.3, 0.4) is 0 Å². The van der Waals surface area contributed by atoms with Gasteiger partial charge in [-0.2, -0.15) is 0 Å². The molecule has 0 atom stereocenters. The number of aromatic nitrogens is 2. The number of hydrogen-bond acceptors (Lipinski definition) is 6. The van der Waals surface area contributed by atoms with E-state index in [2.05, 4.69) is 10.1 Å². The highest BCUT2D eigenvalue weighted by Gasteiger charge is 2.09. The lowest BCUT2D eigenvalue weighted by atomic mass is 10.2. The molecule has 0 aliphatic carbocycles. The number of hydrogen-bond donors (Lipinski definition) is 1. The van der Waals surface area contributed by atoms with Crippen molar-refractivity contribution in [1.82, 2.24) is 10.1 Å². The molecule has 0 aliphatic rings. The fraction of sp³-hybridized carbons (Fsp3) is 0.0476. The molecule has 28 heavy (non-hydrogen) atoms. The Hall–Kier alpha value is -3.87. The third-order valence-corrected chi connectivity index (χ3v) is 3.91. The molecule has 0 unspecified atom stereocenters. The summed E-state index contributed by atoms with van der Waals surface area (Å²) in [5, 5.41) is 12.7. The van der Waals surface area contributed by atoms with Gasteiger partial charge in [0.2, 0.25) is 5.88 Å². The molecule has 0 aliphatic heterocycles. The van der Waals surface area contributed by atoms with Crippen LogP contribution in [0.5, 0.6) is 23.3 Å². The van der Waals surface area contributed by atoms with Gasteiger partial charge in [-0.05, 0) is 65.8 Å². The highest BCUT2D eigenvalue weighted by molar-refractivity contribution is 5.59. The maximum atomic E-state index is 13.0. The first kappa shape index (κ1) is 17.5. The predicted molar refractivity (Wildman–Crippen MR) is 98.6 cm³/mol. The van der Waals surface area contributed by atoms with Crippen molar-refractivity contribution < 1.29 is 23.5 Å². The first-order valence-electron chi connectivity index (χ1n) is 8.43. The number of aromatic hydroxyl groups is 1. The van der Waals surface area contributed by atoms with Crippen LogP contribution in [0.2, 0.25) is 0 Å². The highest BCUT2D eigenvalue weighted by Crippen LogP contribution is 2.27. The molecule has 0 fully saturated rings. The first-order chi connectivity index (χ1) is 13.7. The number of pyridine rings is 1. The summed E-state index contributed by atoms with van der Waals surface area (Å²) in [7, 11) is 0. The molecule has 0 saturated carbocycles. The molecule has 0 spiro atoms. The quantitative estimate of drug-likeness (QED) is 0.511. The Morgan fingerprint density at radius 1 is 0.964 bits per heavy atom. The molecule has 2 aromatic carbocycles. The zero-order chi connectivity index (χ0) is 19.3. The van der Waals surface area contributed by atoms with Gasteiger partial charge in [0.05, 0.1) is 5.56 Å². The second-order valence-corrected chi connectivity index (χ2v) is 5.89. The van der Waals surface area contributed by atoms with Gasteiger partial charge in [-0.25, -0.2) is 9.37 Å². The average Bonchev–Trinajstić information content (AvgIpc) is 3.16. The molecule has 4 rings (SSSR count). The van der Waals surface area contributed by atoms with E-state index < -0.39 is 0 Å². The van der Waals surface area contributed by atoms with E-state index in [1.807, 2.05) is 6.07 Å². The number of rotatable bonds is 6. The van der Waals surface area contributed by atoms with Crippen molar-refractivity contribution in [2.45, 2.75) is 6.61 Å². The second kappa shape index (κ2) is 7.79. The van der Waals surface area contributed by atoms with Gasteiger partial charge >= 0.3 is 0 Å². The normalized spacial score (nSPS) is 10.6. The lowest BCUT2D eigenvalue weighted by molar-refractivity contribution is 0.298. The maximum Gasteiger partial charge on any atom is 0.252 e. The molecule has 4 aromatic rings. The van der Waals surface area contributed by atoms with E-state index in [-0.39, 0.29) is 18.3 Å². The van der Waals surface area contributed by atoms with E-state index in [1.54, 1.807) is 36.5 Å². The Bertz CT molecular complexity index is 1060. The van der Waals surface area contributed by atoms with Crippen LogP contribution in [0.25, 0.3) is 11.3 Å². The van der Waals surface area contributed by atoms with Crippen LogP contribution in [0, 0.1) is 5.82 Å². The summed E-state index contributed by atoms with van der Waals surface area (Å²) in [5.41, 5.74) is 1.51. The lowest BCUT2D eigenvalue weighted by Crippen LogP contribution is -2.00. The fourth-order valence-corrected chi connectivity index (χ4v) is 2.52. The molecule has 7 heteroatoms. The number of halogens is 1. The molecule has 0 bridgehead atoms. The summed E-state index contributed by atoms with van der Waals surface area (Å²) < 4.78 is 29.6. The summed E-state index contributed by atoms with van der Waals surface area (Å²) in [6, 6.07) is 18.0. The minimum Gasteiger partial charge on any atom is -0.491 e. The minimum atomic E-state index is -0.332. The summed E-state index contributed by atoms with van der Waals surface area (Å²) in [5.74, 6) is 1.49. The van der Waals surface area contributed by atoms with Gasteiger partial charge in [0.1, 0.15) is 23.9 Å². The van der Waals surface area contributed by atoms with Crippen molar-refractivity contribution in [2.75, 3.05) is 0 Å². The number of benzene rings is 2. The van der Waals surface area contributed by atoms with Gasteiger partial charge in [-0.1, -0.05) is 0 Å². The second-order valence-electron chi connectivity index (χ2n) is 5.89. The molecule has 2 aromatic heterocycles. The Morgan fingerprint density at radius 2 is 1.71 bits per heavy atom. The standard InChI is InChI=1S/C21H15FN2O4/c22-16-5-9-18(10-6-16)27-21-15(2-1-11-23-21)13-26-17-7-3-14(4-8-17)19-12-20(25)24-28-19/h1-12H,13H2,(H,24,25). The van der Waals surface area contributed by atoms with Gasteiger partial charge in [0, 0.05) is 17.8 Å². The molecule has 0 saturated heterocycles. The van der Waals surface area contributed by atoms with Crippen LogP contribution in [0.1, 0.15) is 5.56 Å². The minimum absolute atomic E-state index is 0.166. The molecule has 0 amide bonds. The lowest BCUT2D eigenvalue weighted by Gasteiger charge is -2.11. The molecular weight excluding hydrogens is 363 g/mol. The average molecular weight is 378 g/mol. The zero-order valence-corrected chi connectivity index (χ0v) is 14.6. The van der Waals surface area contributed by atoms with Crippen LogP contribution in [-0.2, 0) is 6.61 Å². The van der Waals surface area contributed by atoms with Crippen molar-refractivity contribution in [3.63, 3.8) is 0 Å². The van der Waals surface area contributed by atoms with E-state index in [0.29, 0.717) is 23.1 Å². The Morgan fingerprint density at radius 3 is 2.43 bits per heavy atom. The number of nitrogens with zero attached hydrogens (tertiary/aromatic N) is 2. The highest BCUT2D eigenvalue weighted by atomic mass is 19.1. The molecule has 1 N–H and O–H groups in total. The van der Waals surface area contributed by atoms with Gasteiger partial charge in [-0.3, -0.25) is 0 Å². The summed E-state index contributed by atoms with van der Waals surface area (Å²) in [6.07, 6.45) is 1.62. The van der Waals surface area contributed by atoms with E-state index >= 15 is 0 Å². The van der Waals surface area contributed by atoms with E-state index in [9.17, 15) is 9.50 Å². The van der Waals surface area contributed by atoms with Crippen molar-refractivity contribution in [2.24, 2.45) is 0 Å². The van der Waals surface area contributed by atoms with Crippen LogP contribution in [-0.4, -0.2) is 15.2 Å². The SMILES string of the molecule is Oc1cc(-c2ccc(OCc3cccnc3Oc3ccc(F)cc3)cc2)on1. The van der Waals surface area contributed by atoms with Crippen molar-refractivity contribution in [1.29, 1.82) is 0 Å². The Labute approximate surface area is 159 Å². The smallest absolute Gasteiger partial charge is 0.252 e. The van der Waals surface area contributed by atoms with E-state index in [4.69, 9.17) is 14.0 Å². The van der Waals surface area contributed by atoms with Gasteiger partial charge in [0.15, 0.2) is 5.76 Å². The Balaban J connectivity index is 1.44. The van der Waals surface area contributed by atoms with Crippen LogP contribution < -0.4 is 9.47 Å². The molecule has 140 valence electrons. The van der Waals surface area contributed by atoms with E-state index in [1.165, 1.54) is 30.3 Å². The summed E-state index contributed by atoms with van der Waals surface area (Å²) in [4.78, 5) is 4.23. The van der Waals surface area contributed by atoms with Crippen LogP contribution >= 0.6 is 0 Å². The van der Waals surface area contributed by atoms with E-state index in [0.717, 1.165) is 11.1 Å². The largest absolute Gasteiger partial charge is 0.491 e. The molecule has 0 radical (unpaired) electrons. The predicted octanol–water partition coefficient (Wildman–Crippen LogP) is 4.95. The first-order valence-corrected chi connectivity index (χ1v) is 8.43. The van der Waals surface area contributed by atoms with Gasteiger partial charge < -0.3 is 19.1 Å². The molecule has 2 heterocycles. The topological polar surface area (TPSA) is 77.6 Å². The molecule has 6 nitrogen and oxygen atoms in total. The molecular formula is C21H15FN2O4. The third-order valence-electron chi connectivity index (χ3n) is 3.91. The zero-order valence-electron chi connectivity index (χ0n) is 14.6. The van der Waals surface area contributed by atoms with Crippen molar-refractivity contribution >= 4 is 0 Å². The number of ether oxygens (including phenoxy) is 2. The summed E-state index contributed by atoms with van der Waals surface area (Å²) >= 11 is 0. The maximum absolute atomic E-state index is 13.0. The Kier molecular flexibility index (Phi) is 4.88. The van der Waals surface area contributed by atoms with Crippen LogP contribution in [0.4, 0.5) is 4.39 Å². The van der Waals surface area contributed by atoms with Gasteiger partial charge in [0.25, 0.3) is 5.88 Å². The van der Waals surface area contributed by atoms with Crippen LogP contribution in [0.15, 0.2) is 77.4 Å². The third kappa shape index (κ3) is 4.09. The van der Waals surface area contributed by atoms with Crippen molar-refractivity contribution in [3.05, 3.63) is 84.3 Å². The fourth-order valence-electron chi connectivity index (χ4n) is 2.52. The van der Waals surface area contributed by atoms with Crippen molar-refractivity contribution in [3.8, 4) is 34.6 Å². The monoisotopic (exact) mass is 378 g/mol. The summed E-state index contributed by atoms with van der Waals surface area (Å²) in [6.45, 7) is 0.243.